The molecule has 2 aromatic carbocycles. The van der Waals surface area contributed by atoms with Gasteiger partial charge in [-0.2, -0.15) is 0 Å². The average molecular weight is 421 g/mol. The lowest BCUT2D eigenvalue weighted by atomic mass is 10.0. The molecule has 1 aliphatic heterocycles. The molecule has 1 fully saturated rings. The van der Waals surface area contributed by atoms with Crippen molar-refractivity contribution in [1.82, 2.24) is 4.90 Å². The van der Waals surface area contributed by atoms with E-state index in [1.54, 1.807) is 18.1 Å². The van der Waals surface area contributed by atoms with Crippen LogP contribution in [0.3, 0.4) is 0 Å². The Labute approximate surface area is 181 Å². The lowest BCUT2D eigenvalue weighted by molar-refractivity contribution is -0.144. The molecule has 0 radical (unpaired) electrons. The first-order valence-corrected chi connectivity index (χ1v) is 10.6. The van der Waals surface area contributed by atoms with E-state index in [1.165, 1.54) is 0 Å². The SMILES string of the molecule is CCOC(=O)CC1CCCN1C(=O)Nc1cc(-c2cccc(CN)c2)c2occc2c1. The molecule has 7 heteroatoms. The summed E-state index contributed by atoms with van der Waals surface area (Å²) in [6, 6.07) is 13.3. The maximum atomic E-state index is 13.0. The Hall–Kier alpha value is -3.32. The molecule has 1 aliphatic rings. The molecule has 162 valence electrons. The summed E-state index contributed by atoms with van der Waals surface area (Å²) in [4.78, 5) is 26.6. The molecule has 4 rings (SSSR count). The highest BCUT2D eigenvalue weighted by molar-refractivity contribution is 5.99. The number of rotatable bonds is 6. The first-order chi connectivity index (χ1) is 15.1. The third kappa shape index (κ3) is 4.56. The normalized spacial score (nSPS) is 15.9. The number of hydrogen-bond donors (Lipinski definition) is 2. The molecule has 1 aromatic heterocycles. The van der Waals surface area contributed by atoms with Crippen LogP contribution >= 0.6 is 0 Å². The summed E-state index contributed by atoms with van der Waals surface area (Å²) in [5, 5.41) is 3.91. The Morgan fingerprint density at radius 1 is 1.26 bits per heavy atom. The van der Waals surface area contributed by atoms with Crippen molar-refractivity contribution in [2.45, 2.75) is 38.8 Å². The number of carbonyl (C=O) groups is 2. The summed E-state index contributed by atoms with van der Waals surface area (Å²) in [6.07, 6.45) is 3.53. The Morgan fingerprint density at radius 3 is 2.94 bits per heavy atom. The van der Waals surface area contributed by atoms with Crippen LogP contribution in [0.15, 0.2) is 53.1 Å². The van der Waals surface area contributed by atoms with Crippen LogP contribution < -0.4 is 11.1 Å². The van der Waals surface area contributed by atoms with Crippen molar-refractivity contribution < 1.29 is 18.7 Å². The van der Waals surface area contributed by atoms with Gasteiger partial charge >= 0.3 is 12.0 Å². The van der Waals surface area contributed by atoms with Crippen molar-refractivity contribution >= 4 is 28.7 Å². The van der Waals surface area contributed by atoms with E-state index in [-0.39, 0.29) is 24.5 Å². The summed E-state index contributed by atoms with van der Waals surface area (Å²) in [5.74, 6) is -0.269. The number of carbonyl (C=O) groups excluding carboxylic acids is 2. The highest BCUT2D eigenvalue weighted by Gasteiger charge is 2.31. The van der Waals surface area contributed by atoms with Crippen LogP contribution in [-0.2, 0) is 16.1 Å². The number of ether oxygens (including phenoxy) is 1. The van der Waals surface area contributed by atoms with E-state index in [1.807, 2.05) is 42.5 Å². The van der Waals surface area contributed by atoms with Gasteiger partial charge in [0.1, 0.15) is 5.58 Å². The molecule has 0 saturated carbocycles. The fourth-order valence-electron chi connectivity index (χ4n) is 4.16. The Bertz CT molecular complexity index is 1090. The molecule has 1 atom stereocenters. The summed E-state index contributed by atoms with van der Waals surface area (Å²) in [5.41, 5.74) is 10.1. The number of esters is 1. The van der Waals surface area contributed by atoms with Crippen LogP contribution in [0.5, 0.6) is 0 Å². The Kier molecular flexibility index (Phi) is 6.23. The fourth-order valence-corrected chi connectivity index (χ4v) is 4.16. The van der Waals surface area contributed by atoms with Crippen molar-refractivity contribution in [3.05, 3.63) is 54.3 Å². The van der Waals surface area contributed by atoms with E-state index >= 15 is 0 Å². The number of amides is 2. The smallest absolute Gasteiger partial charge is 0.322 e. The second kappa shape index (κ2) is 9.22. The number of anilines is 1. The summed E-state index contributed by atoms with van der Waals surface area (Å²) in [7, 11) is 0. The van der Waals surface area contributed by atoms with E-state index in [2.05, 4.69) is 5.32 Å². The highest BCUT2D eigenvalue weighted by atomic mass is 16.5. The topological polar surface area (TPSA) is 97.8 Å². The number of benzene rings is 2. The van der Waals surface area contributed by atoms with Gasteiger partial charge in [-0.15, -0.1) is 0 Å². The number of hydrogen-bond acceptors (Lipinski definition) is 5. The maximum absolute atomic E-state index is 13.0. The van der Waals surface area contributed by atoms with Gasteiger partial charge in [0.05, 0.1) is 19.3 Å². The van der Waals surface area contributed by atoms with Gasteiger partial charge in [0.15, 0.2) is 0 Å². The average Bonchev–Trinajstić information content (AvgIpc) is 3.42. The first kappa shape index (κ1) is 20.9. The molecular weight excluding hydrogens is 394 g/mol. The van der Waals surface area contributed by atoms with Crippen molar-refractivity contribution in [2.24, 2.45) is 5.73 Å². The zero-order valence-electron chi connectivity index (χ0n) is 17.6. The van der Waals surface area contributed by atoms with Crippen LogP contribution in [0, 0.1) is 0 Å². The summed E-state index contributed by atoms with van der Waals surface area (Å²) < 4.78 is 10.8. The van der Waals surface area contributed by atoms with Crippen LogP contribution in [-0.4, -0.2) is 36.1 Å². The molecule has 31 heavy (non-hydrogen) atoms. The second-order valence-corrected chi connectivity index (χ2v) is 7.70. The molecule has 0 aliphatic carbocycles. The summed E-state index contributed by atoms with van der Waals surface area (Å²) >= 11 is 0. The fraction of sp³-hybridized carbons (Fsp3) is 0.333. The number of fused-ring (bicyclic) bond motifs is 1. The standard InChI is InChI=1S/C24H27N3O4/c1-2-30-22(28)14-20-7-4-9-27(20)24(29)26-19-12-18-8-10-31-23(18)21(13-19)17-6-3-5-16(11-17)15-25/h3,5-6,8,10-13,20H,2,4,7,9,14-15,25H2,1H3,(H,26,29). The summed E-state index contributed by atoms with van der Waals surface area (Å²) in [6.45, 7) is 3.19. The number of furan rings is 1. The van der Waals surface area contributed by atoms with Gasteiger partial charge < -0.3 is 25.1 Å². The van der Waals surface area contributed by atoms with Crippen LogP contribution in [0.1, 0.15) is 31.7 Å². The second-order valence-electron chi connectivity index (χ2n) is 7.70. The van der Waals surface area contributed by atoms with Gasteiger partial charge in [-0.25, -0.2) is 4.79 Å². The third-order valence-corrected chi connectivity index (χ3v) is 5.62. The minimum atomic E-state index is -0.269. The van der Waals surface area contributed by atoms with Gasteiger partial charge in [-0.05, 0) is 55.2 Å². The van der Waals surface area contributed by atoms with Crippen LogP contribution in [0.25, 0.3) is 22.1 Å². The largest absolute Gasteiger partial charge is 0.466 e. The van der Waals surface area contributed by atoms with E-state index in [0.29, 0.717) is 25.4 Å². The predicted octanol–water partition coefficient (Wildman–Crippen LogP) is 4.51. The monoisotopic (exact) mass is 421 g/mol. The van der Waals surface area contributed by atoms with Gasteiger partial charge in [-0.1, -0.05) is 18.2 Å². The van der Waals surface area contributed by atoms with Gasteiger partial charge in [0.25, 0.3) is 0 Å². The molecule has 0 bridgehead atoms. The molecule has 3 aromatic rings. The Morgan fingerprint density at radius 2 is 2.13 bits per heavy atom. The van der Waals surface area contributed by atoms with E-state index in [9.17, 15) is 9.59 Å². The molecule has 1 saturated heterocycles. The van der Waals surface area contributed by atoms with Crippen molar-refractivity contribution in [2.75, 3.05) is 18.5 Å². The first-order valence-electron chi connectivity index (χ1n) is 10.6. The van der Waals surface area contributed by atoms with Gasteiger partial charge in [0.2, 0.25) is 0 Å². The molecule has 1 unspecified atom stereocenters. The van der Waals surface area contributed by atoms with E-state index in [4.69, 9.17) is 14.9 Å². The molecule has 0 spiro atoms. The number of urea groups is 1. The van der Waals surface area contributed by atoms with Crippen molar-refractivity contribution in [3.8, 4) is 11.1 Å². The molecule has 7 nitrogen and oxygen atoms in total. The number of nitrogens with one attached hydrogen (secondary N) is 1. The zero-order chi connectivity index (χ0) is 21.8. The molecule has 2 amide bonds. The lowest BCUT2D eigenvalue weighted by Crippen LogP contribution is -2.40. The molecule has 2 heterocycles. The molecular formula is C24H27N3O4. The minimum Gasteiger partial charge on any atom is -0.466 e. The minimum absolute atomic E-state index is 0.141. The van der Waals surface area contributed by atoms with Crippen LogP contribution in [0.4, 0.5) is 10.5 Å². The van der Waals surface area contributed by atoms with E-state index in [0.717, 1.165) is 40.5 Å². The van der Waals surface area contributed by atoms with Gasteiger partial charge in [0, 0.05) is 35.8 Å². The third-order valence-electron chi connectivity index (χ3n) is 5.62. The van der Waals surface area contributed by atoms with Crippen molar-refractivity contribution in [1.29, 1.82) is 0 Å². The van der Waals surface area contributed by atoms with E-state index < -0.39 is 0 Å². The molecule has 3 N–H and O–H groups in total. The van der Waals surface area contributed by atoms with Crippen molar-refractivity contribution in [3.63, 3.8) is 0 Å². The zero-order valence-corrected chi connectivity index (χ0v) is 17.6. The highest BCUT2D eigenvalue weighted by Crippen LogP contribution is 2.34. The number of likely N-dealkylation sites (tertiary alicyclic amines) is 1. The maximum Gasteiger partial charge on any atom is 0.322 e. The number of nitrogens with two attached hydrogens (primary N) is 1. The predicted molar refractivity (Wildman–Crippen MR) is 120 cm³/mol. The Balaban J connectivity index is 1.58. The van der Waals surface area contributed by atoms with Crippen LogP contribution in [0.2, 0.25) is 0 Å². The number of nitrogens with zero attached hydrogens (tertiary/aromatic N) is 1. The quantitative estimate of drug-likeness (QED) is 0.571. The van der Waals surface area contributed by atoms with Gasteiger partial charge in [-0.3, -0.25) is 4.79 Å². The lowest BCUT2D eigenvalue weighted by Gasteiger charge is -2.24.